The number of carbonyl (C=O) groups is 3. The summed E-state index contributed by atoms with van der Waals surface area (Å²) in [5.41, 5.74) is 7.43. The van der Waals surface area contributed by atoms with E-state index < -0.39 is 48.1 Å². The number of carbonyl (C=O) groups excluding carboxylic acids is 3. The van der Waals surface area contributed by atoms with Crippen LogP contribution in [0.15, 0.2) is 47.8 Å². The standard InChI is InChI=1S/C31H31F2N5O5S/c1-16-3-5-22-20(9-16)21-10-18(4-6-23(21)31(22,32)33)28(40)36-13-26(39)38-15-30(42-7-8-43-30)12-24(38)29(41)37-17(2)25-11-19(14-44-25)27(34)35/h3-6,9-11,14,17,24H,7-8,12-13,15H2,1-2H3,(H3,34,35)(H,36,40)(H,37,41)/t17-,24?/m1/s1. The van der Waals surface area contributed by atoms with Gasteiger partial charge in [-0.15, -0.1) is 11.3 Å². The van der Waals surface area contributed by atoms with E-state index in [9.17, 15) is 14.4 Å². The summed E-state index contributed by atoms with van der Waals surface area (Å²) >= 11 is 1.36. The highest BCUT2D eigenvalue weighted by atomic mass is 32.1. The monoisotopic (exact) mass is 623 g/mol. The Labute approximate surface area is 256 Å². The van der Waals surface area contributed by atoms with Crippen molar-refractivity contribution >= 4 is 34.9 Å². The Kier molecular flexibility index (Phi) is 7.50. The number of aryl methyl sites for hydroxylation is 1. The van der Waals surface area contributed by atoms with E-state index in [4.69, 9.17) is 20.6 Å². The molecule has 2 aliphatic heterocycles. The fourth-order valence-corrected chi connectivity index (χ4v) is 6.90. The van der Waals surface area contributed by atoms with E-state index in [1.165, 1.54) is 40.5 Å². The van der Waals surface area contributed by atoms with E-state index in [0.717, 1.165) is 10.4 Å². The van der Waals surface area contributed by atoms with Crippen LogP contribution < -0.4 is 16.4 Å². The number of nitrogens with zero attached hydrogens (tertiary/aromatic N) is 1. The summed E-state index contributed by atoms with van der Waals surface area (Å²) in [6.45, 7) is 3.83. The molecule has 0 saturated carbocycles. The molecule has 1 spiro atoms. The number of fused-ring (bicyclic) bond motifs is 3. The number of benzene rings is 2. The molecule has 1 unspecified atom stereocenters. The van der Waals surface area contributed by atoms with E-state index in [-0.39, 0.29) is 41.1 Å². The van der Waals surface area contributed by atoms with Crippen LogP contribution in [0.4, 0.5) is 8.78 Å². The molecular weight excluding hydrogens is 592 g/mol. The topological polar surface area (TPSA) is 147 Å². The lowest BCUT2D eigenvalue weighted by Gasteiger charge is -2.25. The largest absolute Gasteiger partial charge is 0.384 e. The van der Waals surface area contributed by atoms with Gasteiger partial charge in [-0.3, -0.25) is 19.8 Å². The van der Waals surface area contributed by atoms with Crippen LogP contribution in [-0.4, -0.2) is 66.6 Å². The number of hydrogen-bond donors (Lipinski definition) is 4. The number of alkyl halides is 2. The van der Waals surface area contributed by atoms with Crippen LogP contribution >= 0.6 is 11.3 Å². The number of ether oxygens (including phenoxy) is 2. The van der Waals surface area contributed by atoms with E-state index in [2.05, 4.69) is 10.6 Å². The maximum absolute atomic E-state index is 15.0. The first-order valence-electron chi connectivity index (χ1n) is 14.1. The molecule has 1 aliphatic carbocycles. The molecule has 6 rings (SSSR count). The number of rotatable bonds is 7. The van der Waals surface area contributed by atoms with Crippen molar-refractivity contribution in [2.24, 2.45) is 5.73 Å². The Balaban J connectivity index is 1.15. The number of thiophene rings is 1. The summed E-state index contributed by atoms with van der Waals surface area (Å²) in [6, 6.07) is 9.07. The van der Waals surface area contributed by atoms with Crippen LogP contribution in [0.1, 0.15) is 56.9 Å². The Bertz CT molecular complexity index is 1690. The van der Waals surface area contributed by atoms with Crippen molar-refractivity contribution in [1.29, 1.82) is 5.41 Å². The van der Waals surface area contributed by atoms with Gasteiger partial charge < -0.3 is 30.7 Å². The molecule has 0 bridgehead atoms. The van der Waals surface area contributed by atoms with Gasteiger partial charge >= 0.3 is 0 Å². The number of amidine groups is 1. The number of nitrogens with one attached hydrogen (secondary N) is 3. The number of nitrogen functional groups attached to an aromatic ring is 1. The van der Waals surface area contributed by atoms with Crippen LogP contribution in [0, 0.1) is 12.3 Å². The molecule has 2 atom stereocenters. The summed E-state index contributed by atoms with van der Waals surface area (Å²) in [5, 5.41) is 14.8. The zero-order valence-electron chi connectivity index (χ0n) is 24.0. The SMILES string of the molecule is Cc1ccc2c(c1)-c1cc(C(=O)NCC(=O)N3CC4(CC3C(=O)N[C@H](C)c3cc(C(=N)N)cs3)OCCO4)ccc1C2(F)F. The fraction of sp³-hybridized carbons (Fsp3) is 0.355. The molecule has 2 aromatic carbocycles. The molecule has 5 N–H and O–H groups in total. The van der Waals surface area contributed by atoms with Gasteiger partial charge in [-0.1, -0.05) is 29.8 Å². The minimum atomic E-state index is -3.17. The molecule has 2 saturated heterocycles. The molecular formula is C31H31F2N5O5S. The third-order valence-electron chi connectivity index (χ3n) is 8.27. The zero-order valence-corrected chi connectivity index (χ0v) is 24.9. The highest BCUT2D eigenvalue weighted by Gasteiger charge is 2.52. The Morgan fingerprint density at radius 3 is 2.45 bits per heavy atom. The fourth-order valence-electron chi connectivity index (χ4n) is 5.98. The first kappa shape index (κ1) is 29.9. The molecule has 3 aliphatic rings. The van der Waals surface area contributed by atoms with Crippen LogP contribution in [0.3, 0.4) is 0 Å². The van der Waals surface area contributed by atoms with E-state index in [1.807, 2.05) is 6.92 Å². The second-order valence-electron chi connectivity index (χ2n) is 11.3. The number of hydrogen-bond acceptors (Lipinski definition) is 7. The molecule has 13 heteroatoms. The predicted octanol–water partition coefficient (Wildman–Crippen LogP) is 3.41. The average Bonchev–Trinajstić information content (AvgIpc) is 3.78. The van der Waals surface area contributed by atoms with Gasteiger partial charge in [-0.2, -0.15) is 8.78 Å². The van der Waals surface area contributed by atoms with Crippen molar-refractivity contribution in [1.82, 2.24) is 15.5 Å². The minimum Gasteiger partial charge on any atom is -0.384 e. The van der Waals surface area contributed by atoms with Gasteiger partial charge in [0.05, 0.1) is 32.3 Å². The summed E-state index contributed by atoms with van der Waals surface area (Å²) in [5.74, 6) is -5.92. The van der Waals surface area contributed by atoms with Crippen LogP contribution in [0.5, 0.6) is 0 Å². The molecule has 2 fully saturated rings. The molecule has 44 heavy (non-hydrogen) atoms. The average molecular weight is 624 g/mol. The molecule has 3 heterocycles. The van der Waals surface area contributed by atoms with Crippen molar-refractivity contribution < 1.29 is 32.6 Å². The van der Waals surface area contributed by atoms with Gasteiger partial charge in [0.15, 0.2) is 5.79 Å². The van der Waals surface area contributed by atoms with Crippen LogP contribution in [0.2, 0.25) is 0 Å². The lowest BCUT2D eigenvalue weighted by atomic mass is 10.0. The number of nitrogens with two attached hydrogens (primary N) is 1. The number of amides is 3. The summed E-state index contributed by atoms with van der Waals surface area (Å²) < 4.78 is 41.7. The second-order valence-corrected chi connectivity index (χ2v) is 12.2. The minimum absolute atomic E-state index is 0.00568. The highest BCUT2D eigenvalue weighted by molar-refractivity contribution is 7.10. The summed E-state index contributed by atoms with van der Waals surface area (Å²) in [4.78, 5) is 42.1. The first-order valence-corrected chi connectivity index (χ1v) is 15.0. The zero-order chi connectivity index (χ0) is 31.4. The van der Waals surface area contributed by atoms with Gasteiger partial charge in [0.1, 0.15) is 11.9 Å². The summed E-state index contributed by atoms with van der Waals surface area (Å²) in [7, 11) is 0. The van der Waals surface area contributed by atoms with Gasteiger partial charge in [-0.05, 0) is 43.2 Å². The smallest absolute Gasteiger partial charge is 0.299 e. The van der Waals surface area contributed by atoms with Gasteiger partial charge in [-0.25, -0.2) is 0 Å². The molecule has 0 radical (unpaired) electrons. The third kappa shape index (κ3) is 5.24. The third-order valence-corrected chi connectivity index (χ3v) is 9.38. The van der Waals surface area contributed by atoms with E-state index in [1.54, 1.807) is 30.5 Å². The molecule has 3 aromatic rings. The van der Waals surface area contributed by atoms with Gasteiger partial charge in [0, 0.05) is 38.9 Å². The Hall–Kier alpha value is -4.20. The second kappa shape index (κ2) is 11.1. The van der Waals surface area contributed by atoms with Crippen LogP contribution in [0.25, 0.3) is 11.1 Å². The molecule has 230 valence electrons. The highest BCUT2D eigenvalue weighted by Crippen LogP contribution is 2.51. The van der Waals surface area contributed by atoms with Crippen molar-refractivity contribution in [3.8, 4) is 11.1 Å². The molecule has 10 nitrogen and oxygen atoms in total. The van der Waals surface area contributed by atoms with Crippen LogP contribution in [-0.2, 0) is 25.0 Å². The van der Waals surface area contributed by atoms with Gasteiger partial charge in [0.2, 0.25) is 11.8 Å². The Morgan fingerprint density at radius 1 is 1.09 bits per heavy atom. The predicted molar refractivity (Wildman–Crippen MR) is 159 cm³/mol. The maximum atomic E-state index is 15.0. The summed E-state index contributed by atoms with van der Waals surface area (Å²) in [6.07, 6.45) is 0.117. The quantitative estimate of drug-likeness (QED) is 0.234. The van der Waals surface area contributed by atoms with Crippen molar-refractivity contribution in [2.45, 2.75) is 44.1 Å². The normalized spacial score (nSPS) is 19.8. The molecule has 3 amide bonds. The lowest BCUT2D eigenvalue weighted by Crippen LogP contribution is -2.49. The van der Waals surface area contributed by atoms with Crippen molar-refractivity contribution in [3.05, 3.63) is 80.5 Å². The van der Waals surface area contributed by atoms with E-state index >= 15 is 8.78 Å². The molecule has 1 aromatic heterocycles. The number of likely N-dealkylation sites (tertiary alicyclic amines) is 1. The van der Waals surface area contributed by atoms with Crippen molar-refractivity contribution in [2.75, 3.05) is 26.3 Å². The number of halogens is 2. The van der Waals surface area contributed by atoms with Crippen molar-refractivity contribution in [3.63, 3.8) is 0 Å². The maximum Gasteiger partial charge on any atom is 0.299 e. The van der Waals surface area contributed by atoms with E-state index in [0.29, 0.717) is 24.3 Å². The first-order chi connectivity index (χ1) is 20.9. The lowest BCUT2D eigenvalue weighted by molar-refractivity contribution is -0.152. The van der Waals surface area contributed by atoms with Gasteiger partial charge in [0.25, 0.3) is 11.8 Å². The Morgan fingerprint density at radius 2 is 1.77 bits per heavy atom.